The Bertz CT molecular complexity index is 871. The predicted molar refractivity (Wildman–Crippen MR) is 91.1 cm³/mol. The number of halogens is 1. The zero-order valence-corrected chi connectivity index (χ0v) is 14.0. The van der Waals surface area contributed by atoms with Crippen LogP contribution in [0.2, 0.25) is 5.15 Å². The van der Waals surface area contributed by atoms with Crippen LogP contribution in [0.4, 0.5) is 5.69 Å². The third-order valence-electron chi connectivity index (χ3n) is 4.33. The molecule has 0 N–H and O–H groups in total. The van der Waals surface area contributed by atoms with Crippen molar-refractivity contribution in [3.63, 3.8) is 0 Å². The Kier molecular flexibility index (Phi) is 3.45. The normalized spacial score (nSPS) is 14.5. The lowest BCUT2D eigenvalue weighted by molar-refractivity contribution is 0.711. The molecular weight excluding hydrogens is 310 g/mol. The van der Waals surface area contributed by atoms with Crippen LogP contribution >= 0.6 is 11.6 Å². The van der Waals surface area contributed by atoms with Gasteiger partial charge in [0.25, 0.3) is 0 Å². The van der Waals surface area contributed by atoms with Crippen molar-refractivity contribution >= 4 is 22.9 Å². The molecule has 1 aliphatic heterocycles. The maximum absolute atomic E-state index is 6.26. The van der Waals surface area contributed by atoms with Gasteiger partial charge in [-0.1, -0.05) is 49.7 Å². The minimum Gasteiger partial charge on any atom is -0.364 e. The molecule has 4 rings (SSSR count). The Labute approximate surface area is 139 Å². The average molecular weight is 328 g/mol. The van der Waals surface area contributed by atoms with Gasteiger partial charge in [-0.2, -0.15) is 9.61 Å². The van der Waals surface area contributed by atoms with E-state index in [1.807, 2.05) is 6.07 Å². The molecule has 0 spiro atoms. The maximum Gasteiger partial charge on any atom is 0.201 e. The minimum atomic E-state index is 0.242. The van der Waals surface area contributed by atoms with Crippen molar-refractivity contribution < 1.29 is 0 Å². The van der Waals surface area contributed by atoms with Gasteiger partial charge in [0, 0.05) is 25.1 Å². The van der Waals surface area contributed by atoms with Crippen LogP contribution in [0.5, 0.6) is 0 Å². The highest BCUT2D eigenvalue weighted by Gasteiger charge is 2.22. The summed E-state index contributed by atoms with van der Waals surface area (Å²) in [5.74, 6) is 1.08. The predicted octanol–water partition coefficient (Wildman–Crippen LogP) is 3.46. The van der Waals surface area contributed by atoms with E-state index in [4.69, 9.17) is 11.6 Å². The van der Waals surface area contributed by atoms with Crippen molar-refractivity contribution in [2.45, 2.75) is 32.7 Å². The van der Waals surface area contributed by atoms with Gasteiger partial charge in [0.1, 0.15) is 0 Å². The van der Waals surface area contributed by atoms with Gasteiger partial charge in [0.15, 0.2) is 11.0 Å². The van der Waals surface area contributed by atoms with Crippen LogP contribution < -0.4 is 4.90 Å². The molecular formula is C17H18ClN5. The molecule has 1 aliphatic rings. The van der Waals surface area contributed by atoms with E-state index in [1.54, 1.807) is 4.52 Å². The van der Waals surface area contributed by atoms with E-state index >= 15 is 0 Å². The van der Waals surface area contributed by atoms with Crippen molar-refractivity contribution in [1.82, 2.24) is 19.8 Å². The molecule has 3 heterocycles. The monoisotopic (exact) mass is 327 g/mol. The van der Waals surface area contributed by atoms with Gasteiger partial charge in [-0.3, -0.25) is 0 Å². The fourth-order valence-electron chi connectivity index (χ4n) is 3.15. The van der Waals surface area contributed by atoms with Crippen LogP contribution in [0.1, 0.15) is 36.7 Å². The second-order valence-corrected chi connectivity index (χ2v) is 6.63. The van der Waals surface area contributed by atoms with Crippen LogP contribution in [-0.4, -0.2) is 26.4 Å². The Hall–Kier alpha value is -2.14. The fraction of sp³-hybridized carbons (Fsp3) is 0.353. The first-order chi connectivity index (χ1) is 11.1. The van der Waals surface area contributed by atoms with E-state index in [9.17, 15) is 0 Å². The number of benzene rings is 1. The van der Waals surface area contributed by atoms with Gasteiger partial charge in [-0.25, -0.2) is 0 Å². The van der Waals surface area contributed by atoms with E-state index in [0.29, 0.717) is 5.15 Å². The highest BCUT2D eigenvalue weighted by Crippen LogP contribution is 2.29. The third kappa shape index (κ3) is 2.45. The van der Waals surface area contributed by atoms with Gasteiger partial charge in [0.2, 0.25) is 5.65 Å². The Morgan fingerprint density at radius 1 is 1.13 bits per heavy atom. The number of hydrogen-bond donors (Lipinski definition) is 0. The van der Waals surface area contributed by atoms with E-state index in [-0.39, 0.29) is 5.92 Å². The Morgan fingerprint density at radius 3 is 2.70 bits per heavy atom. The van der Waals surface area contributed by atoms with Gasteiger partial charge >= 0.3 is 0 Å². The number of hydrogen-bond acceptors (Lipinski definition) is 4. The van der Waals surface area contributed by atoms with Crippen LogP contribution in [-0.2, 0) is 13.0 Å². The molecule has 3 aromatic rings. The van der Waals surface area contributed by atoms with Crippen molar-refractivity contribution in [3.8, 4) is 0 Å². The largest absolute Gasteiger partial charge is 0.364 e. The minimum absolute atomic E-state index is 0.242. The third-order valence-corrected chi connectivity index (χ3v) is 4.52. The summed E-state index contributed by atoms with van der Waals surface area (Å²) in [5.41, 5.74) is 4.55. The lowest BCUT2D eigenvalue weighted by Crippen LogP contribution is -2.30. The molecule has 0 saturated carbocycles. The fourth-order valence-corrected chi connectivity index (χ4v) is 3.32. The van der Waals surface area contributed by atoms with Crippen molar-refractivity contribution in [2.75, 3.05) is 11.4 Å². The number of fused-ring (bicyclic) bond motifs is 2. The number of nitrogens with zero attached hydrogens (tertiary/aromatic N) is 5. The summed E-state index contributed by atoms with van der Waals surface area (Å²) in [4.78, 5) is 2.31. The molecule has 23 heavy (non-hydrogen) atoms. The highest BCUT2D eigenvalue weighted by atomic mass is 35.5. The number of anilines is 1. The molecule has 0 bridgehead atoms. The van der Waals surface area contributed by atoms with Crippen molar-refractivity contribution in [1.29, 1.82) is 0 Å². The zero-order valence-electron chi connectivity index (χ0n) is 13.2. The van der Waals surface area contributed by atoms with Crippen LogP contribution in [0, 0.1) is 0 Å². The summed E-state index contributed by atoms with van der Waals surface area (Å²) < 4.78 is 1.78. The zero-order chi connectivity index (χ0) is 16.0. The molecule has 0 aliphatic carbocycles. The van der Waals surface area contributed by atoms with Gasteiger partial charge in [0.05, 0.1) is 5.69 Å². The molecule has 1 aromatic carbocycles. The maximum atomic E-state index is 6.26. The van der Waals surface area contributed by atoms with Crippen LogP contribution in [0.3, 0.4) is 0 Å². The summed E-state index contributed by atoms with van der Waals surface area (Å²) in [6.45, 7) is 5.96. The topological polar surface area (TPSA) is 46.3 Å². The molecule has 0 unspecified atom stereocenters. The van der Waals surface area contributed by atoms with Gasteiger partial charge in [-0.15, -0.1) is 10.2 Å². The van der Waals surface area contributed by atoms with E-state index in [2.05, 4.69) is 58.3 Å². The molecule has 118 valence electrons. The Morgan fingerprint density at radius 2 is 1.91 bits per heavy atom. The van der Waals surface area contributed by atoms with Gasteiger partial charge in [-0.05, 0) is 17.5 Å². The summed E-state index contributed by atoms with van der Waals surface area (Å²) in [6.07, 6.45) is 1.02. The van der Waals surface area contributed by atoms with Crippen LogP contribution in [0.25, 0.3) is 5.65 Å². The SMILES string of the molecule is CC(C)c1nnc2c(N3CCc4ccccc4C3)cc(Cl)nn12. The van der Waals surface area contributed by atoms with E-state index in [1.165, 1.54) is 11.1 Å². The number of aromatic nitrogens is 4. The van der Waals surface area contributed by atoms with Crippen LogP contribution in [0.15, 0.2) is 30.3 Å². The highest BCUT2D eigenvalue weighted by molar-refractivity contribution is 6.29. The standard InChI is InChI=1S/C17H18ClN5/c1-11(2)16-19-20-17-14(9-15(18)21-23(16)17)22-8-7-12-5-3-4-6-13(12)10-22/h3-6,9,11H,7-8,10H2,1-2H3. The quantitative estimate of drug-likeness (QED) is 0.723. The second-order valence-electron chi connectivity index (χ2n) is 6.24. The first kappa shape index (κ1) is 14.5. The lowest BCUT2D eigenvalue weighted by Gasteiger charge is -2.30. The van der Waals surface area contributed by atoms with E-state index in [0.717, 1.165) is 36.7 Å². The summed E-state index contributed by atoms with van der Waals surface area (Å²) >= 11 is 6.26. The molecule has 0 fully saturated rings. The smallest absolute Gasteiger partial charge is 0.201 e. The van der Waals surface area contributed by atoms with Gasteiger partial charge < -0.3 is 4.90 Å². The molecule has 5 nitrogen and oxygen atoms in total. The molecule has 0 saturated heterocycles. The summed E-state index contributed by atoms with van der Waals surface area (Å²) in [6, 6.07) is 10.5. The lowest BCUT2D eigenvalue weighted by atomic mass is 10.00. The molecule has 6 heteroatoms. The summed E-state index contributed by atoms with van der Waals surface area (Å²) in [5, 5.41) is 13.5. The molecule has 0 atom stereocenters. The Balaban J connectivity index is 1.81. The first-order valence-corrected chi connectivity index (χ1v) is 8.25. The molecule has 0 radical (unpaired) electrons. The molecule has 0 amide bonds. The van der Waals surface area contributed by atoms with E-state index < -0.39 is 0 Å². The van der Waals surface area contributed by atoms with Crippen molar-refractivity contribution in [3.05, 3.63) is 52.4 Å². The average Bonchev–Trinajstić information content (AvgIpc) is 2.97. The van der Waals surface area contributed by atoms with Crippen molar-refractivity contribution in [2.24, 2.45) is 0 Å². The molecule has 2 aromatic heterocycles. The first-order valence-electron chi connectivity index (χ1n) is 7.87. The number of rotatable bonds is 2. The summed E-state index contributed by atoms with van der Waals surface area (Å²) in [7, 11) is 0. The second kappa shape index (κ2) is 5.49.